The molecule has 2 aliphatic rings. The summed E-state index contributed by atoms with van der Waals surface area (Å²) in [5.41, 5.74) is 3.29. The summed E-state index contributed by atoms with van der Waals surface area (Å²) in [6, 6.07) is 5.70. The van der Waals surface area contributed by atoms with Crippen molar-refractivity contribution in [2.45, 2.75) is 39.2 Å². The molecule has 2 aromatic rings. The highest BCUT2D eigenvalue weighted by Gasteiger charge is 2.39. The van der Waals surface area contributed by atoms with E-state index < -0.39 is 0 Å². The zero-order valence-corrected chi connectivity index (χ0v) is 21.7. The molecule has 2 atom stereocenters. The fourth-order valence-electron chi connectivity index (χ4n) is 5.00. The average Bonchev–Trinajstić information content (AvgIpc) is 3.23. The molecule has 0 saturated heterocycles. The van der Waals surface area contributed by atoms with E-state index in [1.54, 1.807) is 0 Å². The topological polar surface area (TPSA) is 95.7 Å². The zero-order chi connectivity index (χ0) is 25.5. The van der Waals surface area contributed by atoms with Crippen molar-refractivity contribution in [2.75, 3.05) is 39.4 Å². The average molecular weight is 515 g/mol. The first-order chi connectivity index (χ1) is 17.5. The maximum atomic E-state index is 12.9. The Labute approximate surface area is 217 Å². The molecule has 1 aromatic carbocycles. The van der Waals surface area contributed by atoms with Crippen LogP contribution in [0.15, 0.2) is 42.2 Å². The van der Waals surface area contributed by atoms with Gasteiger partial charge in [-0.15, -0.1) is 0 Å². The Morgan fingerprint density at radius 3 is 2.92 bits per heavy atom. The number of carbonyl (C=O) groups excluding carboxylic acids is 2. The van der Waals surface area contributed by atoms with E-state index in [0.717, 1.165) is 48.3 Å². The molecule has 2 unspecified atom stereocenters. The minimum atomic E-state index is -0.291. The van der Waals surface area contributed by atoms with Crippen LogP contribution in [0.1, 0.15) is 44.0 Å². The van der Waals surface area contributed by atoms with Gasteiger partial charge in [0.05, 0.1) is 25.0 Å². The van der Waals surface area contributed by atoms with Gasteiger partial charge in [-0.05, 0) is 56.1 Å². The Bertz CT molecular complexity index is 1140. The number of fused-ring (bicyclic) bond motifs is 3. The van der Waals surface area contributed by atoms with Crippen LogP contribution in [-0.4, -0.2) is 61.3 Å². The van der Waals surface area contributed by atoms with Gasteiger partial charge in [0.2, 0.25) is 5.91 Å². The molecule has 4 rings (SSSR count). The predicted molar refractivity (Wildman–Crippen MR) is 141 cm³/mol. The zero-order valence-electron chi connectivity index (χ0n) is 20.9. The second-order valence-electron chi connectivity index (χ2n) is 9.12. The van der Waals surface area contributed by atoms with Crippen LogP contribution >= 0.6 is 11.6 Å². The number of halogens is 1. The van der Waals surface area contributed by atoms with Crippen LogP contribution in [0.3, 0.4) is 0 Å². The maximum absolute atomic E-state index is 12.9. The molecule has 3 N–H and O–H groups in total. The van der Waals surface area contributed by atoms with Crippen LogP contribution in [0.5, 0.6) is 0 Å². The van der Waals surface area contributed by atoms with E-state index in [1.807, 2.05) is 42.2 Å². The minimum Gasteiger partial charge on any atom is -0.498 e. The molecular weight excluding hydrogens is 480 g/mol. The van der Waals surface area contributed by atoms with Crippen molar-refractivity contribution in [3.8, 4) is 0 Å². The SMILES string of the molecule is CCOC(=O)N1CCc2c([nH]c3ccc(Cl)cc23)C1C1C=CC=C(OCCCNCCNC(C)=O)C1. The summed E-state index contributed by atoms with van der Waals surface area (Å²) in [4.78, 5) is 29.3. The summed E-state index contributed by atoms with van der Waals surface area (Å²) in [6.07, 6.45) is 8.19. The fraction of sp³-hybridized carbons (Fsp3) is 0.481. The number of H-pyrrole nitrogens is 1. The summed E-state index contributed by atoms with van der Waals surface area (Å²) in [7, 11) is 0. The van der Waals surface area contributed by atoms with Gasteiger partial charge in [0.25, 0.3) is 0 Å². The lowest BCUT2D eigenvalue weighted by Gasteiger charge is -2.39. The third-order valence-electron chi connectivity index (χ3n) is 6.58. The molecule has 2 heterocycles. The number of ether oxygens (including phenoxy) is 2. The lowest BCUT2D eigenvalue weighted by Crippen LogP contribution is -2.43. The second kappa shape index (κ2) is 12.3. The molecular formula is C27H35ClN4O4. The third kappa shape index (κ3) is 6.23. The van der Waals surface area contributed by atoms with Crippen molar-refractivity contribution in [1.29, 1.82) is 0 Å². The number of aromatic amines is 1. The summed E-state index contributed by atoms with van der Waals surface area (Å²) in [6.45, 7) is 7.03. The standard InChI is InChI=1S/C27H35ClN4O4/c1-3-35-27(34)32-14-10-22-23-17-20(28)8-9-24(23)31-25(22)26(32)19-6-4-7-21(16-19)36-15-5-11-29-12-13-30-18(2)33/h4,6-9,17,19,26,29,31H,3,5,10-16H2,1-2H3,(H,30,33). The van der Waals surface area contributed by atoms with Crippen molar-refractivity contribution >= 4 is 34.5 Å². The number of hydrogen-bond donors (Lipinski definition) is 3. The van der Waals surface area contributed by atoms with Crippen LogP contribution < -0.4 is 10.6 Å². The second-order valence-corrected chi connectivity index (χ2v) is 9.55. The van der Waals surface area contributed by atoms with Gasteiger partial charge < -0.3 is 25.1 Å². The van der Waals surface area contributed by atoms with E-state index in [4.69, 9.17) is 21.1 Å². The van der Waals surface area contributed by atoms with E-state index in [9.17, 15) is 9.59 Å². The van der Waals surface area contributed by atoms with Crippen LogP contribution in [0.25, 0.3) is 10.9 Å². The van der Waals surface area contributed by atoms with E-state index >= 15 is 0 Å². The third-order valence-corrected chi connectivity index (χ3v) is 6.82. The highest BCUT2D eigenvalue weighted by atomic mass is 35.5. The van der Waals surface area contributed by atoms with Crippen molar-refractivity contribution in [3.63, 3.8) is 0 Å². The van der Waals surface area contributed by atoms with Crippen LogP contribution in [0.2, 0.25) is 5.02 Å². The van der Waals surface area contributed by atoms with Crippen LogP contribution in [-0.2, 0) is 20.7 Å². The number of aromatic nitrogens is 1. The number of hydrogen-bond acceptors (Lipinski definition) is 5. The summed E-state index contributed by atoms with van der Waals surface area (Å²) < 4.78 is 11.5. The van der Waals surface area contributed by atoms with Gasteiger partial charge in [0, 0.05) is 60.5 Å². The van der Waals surface area contributed by atoms with Crippen LogP contribution in [0, 0.1) is 5.92 Å². The molecule has 0 bridgehead atoms. The molecule has 9 heteroatoms. The van der Waals surface area contributed by atoms with E-state index in [0.29, 0.717) is 37.7 Å². The lowest BCUT2D eigenvalue weighted by atomic mass is 9.84. The monoisotopic (exact) mass is 514 g/mol. The van der Waals surface area contributed by atoms with Crippen molar-refractivity contribution in [1.82, 2.24) is 20.5 Å². The molecule has 1 aliphatic carbocycles. The minimum absolute atomic E-state index is 0.0187. The molecule has 194 valence electrons. The van der Waals surface area contributed by atoms with E-state index in [1.165, 1.54) is 12.5 Å². The van der Waals surface area contributed by atoms with Crippen molar-refractivity contribution < 1.29 is 19.1 Å². The summed E-state index contributed by atoms with van der Waals surface area (Å²) in [5, 5.41) is 7.88. The van der Waals surface area contributed by atoms with Crippen molar-refractivity contribution in [2.24, 2.45) is 5.92 Å². The number of nitrogens with one attached hydrogen (secondary N) is 3. The molecule has 36 heavy (non-hydrogen) atoms. The first-order valence-electron chi connectivity index (χ1n) is 12.7. The Kier molecular flexibility index (Phi) is 8.93. The van der Waals surface area contributed by atoms with Gasteiger partial charge in [-0.25, -0.2) is 4.79 Å². The largest absolute Gasteiger partial charge is 0.498 e. The maximum Gasteiger partial charge on any atom is 0.410 e. The number of allylic oxidation sites excluding steroid dienone is 3. The lowest BCUT2D eigenvalue weighted by molar-refractivity contribution is -0.118. The summed E-state index contributed by atoms with van der Waals surface area (Å²) in [5.74, 6) is 0.943. The van der Waals surface area contributed by atoms with Gasteiger partial charge in [0.15, 0.2) is 0 Å². The highest BCUT2D eigenvalue weighted by Crippen LogP contribution is 2.42. The number of amides is 2. The number of rotatable bonds is 10. The number of nitrogens with zero attached hydrogens (tertiary/aromatic N) is 1. The summed E-state index contributed by atoms with van der Waals surface area (Å²) >= 11 is 6.30. The normalized spacial score (nSPS) is 19.1. The molecule has 1 aliphatic heterocycles. The van der Waals surface area contributed by atoms with E-state index in [2.05, 4.69) is 21.7 Å². The molecule has 1 aromatic heterocycles. The smallest absolute Gasteiger partial charge is 0.410 e. The van der Waals surface area contributed by atoms with Gasteiger partial charge in [-0.2, -0.15) is 0 Å². The fourth-order valence-corrected chi connectivity index (χ4v) is 5.17. The number of benzene rings is 1. The first-order valence-corrected chi connectivity index (χ1v) is 13.0. The molecule has 0 fully saturated rings. The quantitative estimate of drug-likeness (QED) is 0.407. The Morgan fingerprint density at radius 2 is 2.11 bits per heavy atom. The molecule has 2 amide bonds. The molecule has 0 saturated carbocycles. The van der Waals surface area contributed by atoms with Gasteiger partial charge in [0.1, 0.15) is 0 Å². The molecule has 0 radical (unpaired) electrons. The van der Waals surface area contributed by atoms with Gasteiger partial charge in [-0.3, -0.25) is 9.69 Å². The first kappa shape index (κ1) is 26.1. The molecule has 8 nitrogen and oxygen atoms in total. The van der Waals surface area contributed by atoms with E-state index in [-0.39, 0.29) is 24.0 Å². The molecule has 0 spiro atoms. The van der Waals surface area contributed by atoms with Gasteiger partial charge >= 0.3 is 6.09 Å². The Morgan fingerprint density at radius 1 is 1.25 bits per heavy atom. The number of carbonyl (C=O) groups is 2. The van der Waals surface area contributed by atoms with Gasteiger partial charge in [-0.1, -0.05) is 23.8 Å². The van der Waals surface area contributed by atoms with Crippen LogP contribution in [0.4, 0.5) is 4.79 Å². The highest BCUT2D eigenvalue weighted by molar-refractivity contribution is 6.31. The Balaban J connectivity index is 1.42. The predicted octanol–water partition coefficient (Wildman–Crippen LogP) is 4.47. The van der Waals surface area contributed by atoms with Crippen molar-refractivity contribution in [3.05, 3.63) is 58.5 Å². The Hall–Kier alpha value is -2.97.